The molecule has 1 aliphatic heterocycles. The minimum absolute atomic E-state index is 0.0513. The summed E-state index contributed by atoms with van der Waals surface area (Å²) >= 11 is 0. The Morgan fingerprint density at radius 3 is 2.37 bits per heavy atom. The molecule has 3 aromatic carbocycles. The van der Waals surface area contributed by atoms with Gasteiger partial charge in [0.25, 0.3) is 5.91 Å². The molecule has 0 bridgehead atoms. The summed E-state index contributed by atoms with van der Waals surface area (Å²) in [5, 5.41) is 21.2. The highest BCUT2D eigenvalue weighted by Crippen LogP contribution is 2.34. The van der Waals surface area contributed by atoms with Gasteiger partial charge in [0.1, 0.15) is 40.0 Å². The predicted octanol–water partition coefficient (Wildman–Crippen LogP) is 6.16. The number of H-pyrrole nitrogens is 1. The Morgan fingerprint density at radius 2 is 1.63 bits per heavy atom. The standard InChI is InChI=1S/C32H26N6O3/c33-20-23(19-22-7-3-1-4-8-22)32(39)38-18-16-24(21-38)35-31-29-28(15-17-34-30(29)36-37-31)41-27-13-11-26(12-14-27)40-25-9-5-2-6-10-25/h1-15,17,19,24H,16,18,21H2,(H2,34,35,36,37). The molecule has 1 amide bonds. The van der Waals surface area contributed by atoms with E-state index in [1.807, 2.05) is 84.9 Å². The van der Waals surface area contributed by atoms with Crippen molar-refractivity contribution in [3.05, 3.63) is 108 Å². The fourth-order valence-corrected chi connectivity index (χ4v) is 4.72. The summed E-state index contributed by atoms with van der Waals surface area (Å²) in [5.74, 6) is 3.00. The second-order valence-corrected chi connectivity index (χ2v) is 9.56. The maximum atomic E-state index is 13.1. The van der Waals surface area contributed by atoms with Crippen LogP contribution in [-0.4, -0.2) is 45.1 Å². The summed E-state index contributed by atoms with van der Waals surface area (Å²) in [4.78, 5) is 19.2. The maximum Gasteiger partial charge on any atom is 0.264 e. The van der Waals surface area contributed by atoms with Crippen LogP contribution in [0.25, 0.3) is 17.1 Å². The number of ether oxygens (including phenoxy) is 2. The Balaban J connectivity index is 1.14. The second-order valence-electron chi connectivity index (χ2n) is 9.56. The molecule has 6 rings (SSSR count). The number of benzene rings is 3. The van der Waals surface area contributed by atoms with Crippen LogP contribution >= 0.6 is 0 Å². The fraction of sp³-hybridized carbons (Fsp3) is 0.125. The van der Waals surface area contributed by atoms with Crippen LogP contribution in [-0.2, 0) is 4.79 Å². The average Bonchev–Trinajstić information content (AvgIpc) is 3.66. The number of hydrogen-bond donors (Lipinski definition) is 2. The molecule has 0 saturated carbocycles. The van der Waals surface area contributed by atoms with Crippen molar-refractivity contribution < 1.29 is 14.3 Å². The van der Waals surface area contributed by atoms with E-state index in [1.54, 1.807) is 23.2 Å². The number of amides is 1. The number of rotatable bonds is 8. The van der Waals surface area contributed by atoms with Gasteiger partial charge in [-0.05, 0) is 54.5 Å². The van der Waals surface area contributed by atoms with E-state index in [2.05, 4.69) is 26.6 Å². The first-order valence-electron chi connectivity index (χ1n) is 13.2. The van der Waals surface area contributed by atoms with Gasteiger partial charge in [-0.15, -0.1) is 0 Å². The molecular formula is C32H26N6O3. The van der Waals surface area contributed by atoms with Crippen LogP contribution in [0.5, 0.6) is 23.0 Å². The summed E-state index contributed by atoms with van der Waals surface area (Å²) in [6.45, 7) is 0.978. The Kier molecular flexibility index (Phi) is 7.28. The lowest BCUT2D eigenvalue weighted by molar-refractivity contribution is -0.125. The third kappa shape index (κ3) is 5.87. The SMILES string of the molecule is N#CC(=Cc1ccccc1)C(=O)N1CCC(Nc2n[nH]c3nccc(Oc4ccc(Oc5ccccc5)cc4)c23)C1. The maximum absolute atomic E-state index is 13.1. The van der Waals surface area contributed by atoms with Crippen molar-refractivity contribution in [1.29, 1.82) is 5.26 Å². The quantitative estimate of drug-likeness (QED) is 0.178. The molecule has 202 valence electrons. The van der Waals surface area contributed by atoms with E-state index in [-0.39, 0.29) is 17.5 Å². The van der Waals surface area contributed by atoms with E-state index in [0.717, 1.165) is 11.3 Å². The number of anilines is 1. The van der Waals surface area contributed by atoms with Gasteiger partial charge in [-0.25, -0.2) is 4.98 Å². The van der Waals surface area contributed by atoms with Crippen LogP contribution in [0.3, 0.4) is 0 Å². The summed E-state index contributed by atoms with van der Waals surface area (Å²) < 4.78 is 12.1. The number of carbonyl (C=O) groups excluding carboxylic acids is 1. The number of para-hydroxylation sites is 1. The lowest BCUT2D eigenvalue weighted by atomic mass is 10.1. The molecule has 3 heterocycles. The van der Waals surface area contributed by atoms with Crippen molar-refractivity contribution in [3.8, 4) is 29.1 Å². The molecule has 0 radical (unpaired) electrons. The normalized spacial score (nSPS) is 15.0. The molecule has 2 N–H and O–H groups in total. The molecule has 0 aliphatic carbocycles. The number of aromatic nitrogens is 3. The topological polar surface area (TPSA) is 116 Å². The van der Waals surface area contributed by atoms with E-state index in [9.17, 15) is 10.1 Å². The van der Waals surface area contributed by atoms with Gasteiger partial charge in [0.05, 0.1) is 0 Å². The summed E-state index contributed by atoms with van der Waals surface area (Å²) in [5.41, 5.74) is 1.51. The first-order chi connectivity index (χ1) is 20.2. The Labute approximate surface area is 236 Å². The first-order valence-corrected chi connectivity index (χ1v) is 13.2. The fourth-order valence-electron chi connectivity index (χ4n) is 4.72. The zero-order valence-corrected chi connectivity index (χ0v) is 22.0. The molecule has 1 unspecified atom stereocenters. The second kappa shape index (κ2) is 11.6. The summed E-state index contributed by atoms with van der Waals surface area (Å²) in [7, 11) is 0. The van der Waals surface area contributed by atoms with E-state index in [1.165, 1.54) is 0 Å². The van der Waals surface area contributed by atoms with Crippen molar-refractivity contribution in [2.75, 3.05) is 18.4 Å². The number of carbonyl (C=O) groups is 1. The summed E-state index contributed by atoms with van der Waals surface area (Å²) in [6.07, 6.45) is 3.99. The van der Waals surface area contributed by atoms with Crippen LogP contribution in [0.15, 0.2) is 103 Å². The highest BCUT2D eigenvalue weighted by atomic mass is 16.5. The molecule has 1 atom stereocenters. The van der Waals surface area contributed by atoms with Gasteiger partial charge in [-0.3, -0.25) is 9.89 Å². The predicted molar refractivity (Wildman–Crippen MR) is 156 cm³/mol. The highest BCUT2D eigenvalue weighted by Gasteiger charge is 2.29. The third-order valence-electron chi connectivity index (χ3n) is 6.73. The van der Waals surface area contributed by atoms with E-state index < -0.39 is 0 Å². The number of nitriles is 1. The Morgan fingerprint density at radius 1 is 0.951 bits per heavy atom. The number of fused-ring (bicyclic) bond motifs is 1. The van der Waals surface area contributed by atoms with Gasteiger partial charge in [0.2, 0.25) is 0 Å². The monoisotopic (exact) mass is 542 g/mol. The largest absolute Gasteiger partial charge is 0.457 e. The number of likely N-dealkylation sites (tertiary alicyclic amines) is 1. The smallest absolute Gasteiger partial charge is 0.264 e. The van der Waals surface area contributed by atoms with Gasteiger partial charge in [0.15, 0.2) is 11.5 Å². The van der Waals surface area contributed by atoms with Crippen molar-refractivity contribution in [2.24, 2.45) is 0 Å². The zero-order valence-electron chi connectivity index (χ0n) is 22.0. The summed E-state index contributed by atoms with van der Waals surface area (Å²) in [6, 6.07) is 30.1. The first kappa shape index (κ1) is 25.6. The number of aromatic amines is 1. The van der Waals surface area contributed by atoms with Crippen LogP contribution < -0.4 is 14.8 Å². The molecule has 1 aliphatic rings. The minimum Gasteiger partial charge on any atom is -0.457 e. The number of nitrogens with zero attached hydrogens (tertiary/aromatic N) is 4. The molecule has 2 aromatic heterocycles. The lowest BCUT2D eigenvalue weighted by Gasteiger charge is -2.17. The number of hydrogen-bond acceptors (Lipinski definition) is 7. The zero-order chi connectivity index (χ0) is 28.0. The average molecular weight is 543 g/mol. The Bertz CT molecular complexity index is 1730. The van der Waals surface area contributed by atoms with E-state index in [0.29, 0.717) is 53.6 Å². The van der Waals surface area contributed by atoms with E-state index in [4.69, 9.17) is 9.47 Å². The molecular weight excluding hydrogens is 516 g/mol. The van der Waals surface area contributed by atoms with Crippen LogP contribution in [0.1, 0.15) is 12.0 Å². The molecule has 0 spiro atoms. The van der Waals surface area contributed by atoms with Crippen molar-refractivity contribution in [2.45, 2.75) is 12.5 Å². The molecule has 41 heavy (non-hydrogen) atoms. The van der Waals surface area contributed by atoms with Crippen molar-refractivity contribution in [1.82, 2.24) is 20.1 Å². The minimum atomic E-state index is -0.280. The Hall–Kier alpha value is -5.62. The molecule has 9 nitrogen and oxygen atoms in total. The molecule has 9 heteroatoms. The van der Waals surface area contributed by atoms with Gasteiger partial charge < -0.3 is 19.7 Å². The number of pyridine rings is 1. The number of nitrogens with one attached hydrogen (secondary N) is 2. The lowest BCUT2D eigenvalue weighted by Crippen LogP contribution is -2.32. The molecule has 1 saturated heterocycles. The van der Waals surface area contributed by atoms with Crippen LogP contribution in [0.4, 0.5) is 5.82 Å². The van der Waals surface area contributed by atoms with Gasteiger partial charge >= 0.3 is 0 Å². The highest BCUT2D eigenvalue weighted by molar-refractivity contribution is 6.02. The molecule has 5 aromatic rings. The van der Waals surface area contributed by atoms with Crippen molar-refractivity contribution >= 4 is 28.8 Å². The van der Waals surface area contributed by atoms with Crippen LogP contribution in [0, 0.1) is 11.3 Å². The van der Waals surface area contributed by atoms with Gasteiger partial charge in [-0.2, -0.15) is 10.4 Å². The van der Waals surface area contributed by atoms with Crippen LogP contribution in [0.2, 0.25) is 0 Å². The van der Waals surface area contributed by atoms with Gasteiger partial charge in [0, 0.05) is 31.4 Å². The van der Waals surface area contributed by atoms with Crippen molar-refractivity contribution in [3.63, 3.8) is 0 Å². The van der Waals surface area contributed by atoms with Gasteiger partial charge in [-0.1, -0.05) is 48.5 Å². The molecule has 1 fully saturated rings. The third-order valence-corrected chi connectivity index (χ3v) is 6.73. The van der Waals surface area contributed by atoms with E-state index >= 15 is 0 Å².